The highest BCUT2D eigenvalue weighted by Crippen LogP contribution is 2.15. The Labute approximate surface area is 129 Å². The molecule has 1 aromatic rings. The molecule has 0 heterocycles. The highest BCUT2D eigenvalue weighted by Gasteiger charge is 2.20. The average molecular weight is 313 g/mol. The van der Waals surface area contributed by atoms with Gasteiger partial charge in [0.15, 0.2) is 0 Å². The number of carboxylic acid groups (broad SMARTS) is 1. The average Bonchev–Trinajstić information content (AvgIpc) is 2.43. The van der Waals surface area contributed by atoms with Crippen LogP contribution < -0.4 is 10.6 Å². The number of benzene rings is 1. The second-order valence-corrected chi connectivity index (χ2v) is 5.36. The van der Waals surface area contributed by atoms with E-state index in [-0.39, 0.29) is 6.04 Å². The monoisotopic (exact) mass is 312 g/mol. The molecule has 1 aromatic carbocycles. The fraction of sp³-hybridized carbons (Fsp3) is 0.467. The molecule has 2 unspecified atom stereocenters. The quantitative estimate of drug-likeness (QED) is 0.722. The van der Waals surface area contributed by atoms with Crippen molar-refractivity contribution in [1.29, 1.82) is 0 Å². The number of carbonyl (C=O) groups excluding carboxylic acids is 1. The number of rotatable bonds is 7. The van der Waals surface area contributed by atoms with Gasteiger partial charge in [-0.25, -0.2) is 9.59 Å². The van der Waals surface area contributed by atoms with Crippen molar-refractivity contribution in [1.82, 2.24) is 10.6 Å². The summed E-state index contributed by atoms with van der Waals surface area (Å²) in [5, 5.41) is 14.9. The lowest BCUT2D eigenvalue weighted by molar-refractivity contribution is -0.139. The highest BCUT2D eigenvalue weighted by molar-refractivity contribution is 6.30. The van der Waals surface area contributed by atoms with E-state index in [2.05, 4.69) is 10.6 Å². The molecule has 5 nitrogen and oxygen atoms in total. The zero-order valence-corrected chi connectivity index (χ0v) is 13.0. The van der Waals surface area contributed by atoms with Crippen molar-refractivity contribution in [3.63, 3.8) is 0 Å². The van der Waals surface area contributed by atoms with Crippen LogP contribution in [0.5, 0.6) is 0 Å². The summed E-state index contributed by atoms with van der Waals surface area (Å²) in [5.41, 5.74) is 0.898. The lowest BCUT2D eigenvalue weighted by atomic mass is 10.1. The van der Waals surface area contributed by atoms with Crippen molar-refractivity contribution in [3.05, 3.63) is 34.9 Å². The molecule has 1 rings (SSSR count). The van der Waals surface area contributed by atoms with Gasteiger partial charge in [0.25, 0.3) is 0 Å². The molecule has 0 saturated carbocycles. The van der Waals surface area contributed by atoms with E-state index in [4.69, 9.17) is 16.7 Å². The Morgan fingerprint density at radius 1 is 1.24 bits per heavy atom. The molecule has 116 valence electrons. The number of hydrogen-bond acceptors (Lipinski definition) is 2. The van der Waals surface area contributed by atoms with Gasteiger partial charge in [0, 0.05) is 5.02 Å². The summed E-state index contributed by atoms with van der Waals surface area (Å²) in [7, 11) is 0. The third-order valence-corrected chi connectivity index (χ3v) is 3.42. The SMILES string of the molecule is CCCCC(NC(=O)NC(C)c1ccc(Cl)cc1)C(=O)O. The van der Waals surface area contributed by atoms with Gasteiger partial charge in [-0.2, -0.15) is 0 Å². The highest BCUT2D eigenvalue weighted by atomic mass is 35.5. The number of amides is 2. The molecule has 0 radical (unpaired) electrons. The zero-order chi connectivity index (χ0) is 15.8. The van der Waals surface area contributed by atoms with E-state index in [0.717, 1.165) is 18.4 Å². The number of halogens is 1. The molecule has 0 aliphatic rings. The van der Waals surface area contributed by atoms with E-state index in [0.29, 0.717) is 11.4 Å². The van der Waals surface area contributed by atoms with Crippen LogP contribution >= 0.6 is 11.6 Å². The molecule has 0 fully saturated rings. The fourth-order valence-corrected chi connectivity index (χ4v) is 2.02. The van der Waals surface area contributed by atoms with E-state index in [1.807, 2.05) is 26.0 Å². The minimum Gasteiger partial charge on any atom is -0.480 e. The Morgan fingerprint density at radius 2 is 1.86 bits per heavy atom. The van der Waals surface area contributed by atoms with E-state index in [1.54, 1.807) is 12.1 Å². The van der Waals surface area contributed by atoms with Crippen LogP contribution in [-0.2, 0) is 4.79 Å². The van der Waals surface area contributed by atoms with Crippen LogP contribution in [-0.4, -0.2) is 23.1 Å². The van der Waals surface area contributed by atoms with Crippen molar-refractivity contribution >= 4 is 23.6 Å². The number of carbonyl (C=O) groups is 2. The predicted octanol–water partition coefficient (Wildman–Crippen LogP) is 3.34. The van der Waals surface area contributed by atoms with E-state index < -0.39 is 18.0 Å². The molecular formula is C15H21ClN2O3. The summed E-state index contributed by atoms with van der Waals surface area (Å²) in [5.74, 6) is -1.02. The Morgan fingerprint density at radius 3 is 2.38 bits per heavy atom. The molecular weight excluding hydrogens is 292 g/mol. The van der Waals surface area contributed by atoms with Gasteiger partial charge in [-0.3, -0.25) is 0 Å². The van der Waals surface area contributed by atoms with Gasteiger partial charge in [-0.05, 0) is 31.0 Å². The zero-order valence-electron chi connectivity index (χ0n) is 12.2. The van der Waals surface area contributed by atoms with Crippen molar-refractivity contribution < 1.29 is 14.7 Å². The summed E-state index contributed by atoms with van der Waals surface area (Å²) < 4.78 is 0. The molecule has 0 spiro atoms. The largest absolute Gasteiger partial charge is 0.480 e. The van der Waals surface area contributed by atoms with Gasteiger partial charge < -0.3 is 15.7 Å². The van der Waals surface area contributed by atoms with Crippen LogP contribution in [0.1, 0.15) is 44.7 Å². The van der Waals surface area contributed by atoms with Crippen LogP contribution in [0.15, 0.2) is 24.3 Å². The molecule has 6 heteroatoms. The molecule has 0 aromatic heterocycles. The first-order chi connectivity index (χ1) is 9.93. The third kappa shape index (κ3) is 6.04. The number of hydrogen-bond donors (Lipinski definition) is 3. The van der Waals surface area contributed by atoms with Gasteiger partial charge in [0.2, 0.25) is 0 Å². The van der Waals surface area contributed by atoms with E-state index in [9.17, 15) is 9.59 Å². The molecule has 0 aliphatic heterocycles. The van der Waals surface area contributed by atoms with Crippen LogP contribution in [0, 0.1) is 0 Å². The maximum absolute atomic E-state index is 11.9. The van der Waals surface area contributed by atoms with Gasteiger partial charge >= 0.3 is 12.0 Å². The normalized spacial score (nSPS) is 13.3. The molecule has 0 bridgehead atoms. The van der Waals surface area contributed by atoms with Gasteiger partial charge in [-0.1, -0.05) is 43.5 Å². The maximum atomic E-state index is 11.9. The Hall–Kier alpha value is -1.75. The first-order valence-electron chi connectivity index (χ1n) is 6.99. The van der Waals surface area contributed by atoms with Crippen LogP contribution in [0.3, 0.4) is 0 Å². The van der Waals surface area contributed by atoms with Crippen LogP contribution in [0.2, 0.25) is 5.02 Å². The minimum atomic E-state index is -1.02. The van der Waals surface area contributed by atoms with Crippen molar-refractivity contribution in [2.75, 3.05) is 0 Å². The number of unbranched alkanes of at least 4 members (excludes halogenated alkanes) is 1. The summed E-state index contributed by atoms with van der Waals surface area (Å²) in [6.07, 6.45) is 2.06. The number of carboxylic acids is 1. The van der Waals surface area contributed by atoms with Crippen molar-refractivity contribution in [2.45, 2.75) is 45.2 Å². The minimum absolute atomic E-state index is 0.233. The Kier molecular flexibility index (Phi) is 7.02. The molecule has 0 aliphatic carbocycles. The molecule has 2 amide bonds. The maximum Gasteiger partial charge on any atom is 0.326 e. The summed E-state index contributed by atoms with van der Waals surface area (Å²) in [4.78, 5) is 22.9. The lowest BCUT2D eigenvalue weighted by Gasteiger charge is -2.18. The number of urea groups is 1. The lowest BCUT2D eigenvalue weighted by Crippen LogP contribution is -2.46. The first kappa shape index (κ1) is 17.3. The van der Waals surface area contributed by atoms with Gasteiger partial charge in [0.1, 0.15) is 6.04 Å². The van der Waals surface area contributed by atoms with E-state index in [1.165, 1.54) is 0 Å². The Balaban J connectivity index is 2.54. The first-order valence-corrected chi connectivity index (χ1v) is 7.37. The molecule has 21 heavy (non-hydrogen) atoms. The summed E-state index contributed by atoms with van der Waals surface area (Å²) in [6, 6.07) is 5.55. The van der Waals surface area contributed by atoms with Gasteiger partial charge in [-0.15, -0.1) is 0 Å². The molecule has 0 saturated heterocycles. The predicted molar refractivity (Wildman–Crippen MR) is 82.5 cm³/mol. The third-order valence-electron chi connectivity index (χ3n) is 3.17. The van der Waals surface area contributed by atoms with Crippen molar-refractivity contribution in [2.24, 2.45) is 0 Å². The second-order valence-electron chi connectivity index (χ2n) is 4.92. The standard InChI is InChI=1S/C15H21ClN2O3/c1-3-4-5-13(14(19)20)18-15(21)17-10(2)11-6-8-12(16)9-7-11/h6-10,13H,3-5H2,1-2H3,(H,19,20)(H2,17,18,21). The second kappa shape index (κ2) is 8.52. The van der Waals surface area contributed by atoms with Crippen LogP contribution in [0.25, 0.3) is 0 Å². The molecule has 2 atom stereocenters. The van der Waals surface area contributed by atoms with E-state index >= 15 is 0 Å². The summed E-state index contributed by atoms with van der Waals surface area (Å²) in [6.45, 7) is 3.80. The number of aliphatic carboxylic acids is 1. The number of nitrogens with one attached hydrogen (secondary N) is 2. The van der Waals surface area contributed by atoms with Crippen molar-refractivity contribution in [3.8, 4) is 0 Å². The molecule has 3 N–H and O–H groups in total. The summed E-state index contributed by atoms with van der Waals surface area (Å²) >= 11 is 5.81. The fourth-order valence-electron chi connectivity index (χ4n) is 1.90. The van der Waals surface area contributed by atoms with Crippen LogP contribution in [0.4, 0.5) is 4.79 Å². The Bertz CT molecular complexity index is 476. The smallest absolute Gasteiger partial charge is 0.326 e. The topological polar surface area (TPSA) is 78.4 Å². The van der Waals surface area contributed by atoms with Gasteiger partial charge in [0.05, 0.1) is 6.04 Å².